The van der Waals surface area contributed by atoms with Crippen LogP contribution in [-0.2, 0) is 15.5 Å². The van der Waals surface area contributed by atoms with Gasteiger partial charge < -0.3 is 4.74 Å². The summed E-state index contributed by atoms with van der Waals surface area (Å²) < 4.78 is 27.8. The first-order chi connectivity index (χ1) is 6.90. The van der Waals surface area contributed by atoms with Crippen LogP contribution < -0.4 is 4.74 Å². The summed E-state index contributed by atoms with van der Waals surface area (Å²) in [4.78, 5) is 0.201. The molecule has 0 atom stereocenters. The second-order valence-electron chi connectivity index (χ2n) is 3.22. The first kappa shape index (κ1) is 12.3. The molecule has 1 aromatic carbocycles. The van der Waals surface area contributed by atoms with E-state index in [1.165, 1.54) is 0 Å². The molecule has 1 aromatic rings. The molecule has 0 heterocycles. The van der Waals surface area contributed by atoms with Crippen molar-refractivity contribution in [2.45, 2.75) is 25.2 Å². The van der Waals surface area contributed by atoms with E-state index >= 15 is 0 Å². The van der Waals surface area contributed by atoms with E-state index in [4.69, 9.17) is 15.4 Å². The fourth-order valence-corrected chi connectivity index (χ4v) is 3.16. The average Bonchev–Trinajstić information content (AvgIpc) is 2.14. The number of ether oxygens (including phenoxy) is 1. The molecule has 0 fully saturated rings. The molecule has 0 aliphatic carbocycles. The zero-order chi connectivity index (χ0) is 11.6. The fraction of sp³-hybridized carbons (Fsp3) is 0.400. The van der Waals surface area contributed by atoms with E-state index in [1.807, 2.05) is 6.92 Å². The zero-order valence-electron chi connectivity index (χ0n) is 8.87. The first-order valence-corrected chi connectivity index (χ1v) is 6.83. The molecule has 0 aromatic heterocycles. The van der Waals surface area contributed by atoms with Crippen LogP contribution in [-0.4, -0.2) is 15.5 Å². The summed E-state index contributed by atoms with van der Waals surface area (Å²) in [5.74, 6) is 0.647. The number of hydrogen-bond acceptors (Lipinski definition) is 3. The van der Waals surface area contributed by atoms with Gasteiger partial charge in [0.25, 0.3) is 9.05 Å². The summed E-state index contributed by atoms with van der Waals surface area (Å²) in [5.41, 5.74) is 1.29. The standard InChI is InChI=1S/C10H13ClO3S/c1-4-8-6-9(14-3)5-7(2)10(8)15(11,12)13/h5-6H,4H2,1-3H3. The monoisotopic (exact) mass is 248 g/mol. The third kappa shape index (κ3) is 2.63. The maximum atomic E-state index is 11.4. The lowest BCUT2D eigenvalue weighted by Gasteiger charge is -2.10. The van der Waals surface area contributed by atoms with Crippen LogP contribution in [0.25, 0.3) is 0 Å². The minimum absolute atomic E-state index is 0.201. The van der Waals surface area contributed by atoms with Gasteiger partial charge in [0.05, 0.1) is 12.0 Å². The molecule has 1 rings (SSSR count). The summed E-state index contributed by atoms with van der Waals surface area (Å²) in [6.45, 7) is 3.58. The van der Waals surface area contributed by atoms with Crippen molar-refractivity contribution in [1.29, 1.82) is 0 Å². The number of aryl methyl sites for hydroxylation is 2. The Morgan fingerprint density at radius 3 is 2.40 bits per heavy atom. The molecule has 0 N–H and O–H groups in total. The summed E-state index contributed by atoms with van der Waals surface area (Å²) in [6.07, 6.45) is 0.597. The Balaban J connectivity index is 3.52. The van der Waals surface area contributed by atoms with Crippen LogP contribution in [0.2, 0.25) is 0 Å². The van der Waals surface area contributed by atoms with Crippen molar-refractivity contribution in [3.63, 3.8) is 0 Å². The van der Waals surface area contributed by atoms with Crippen LogP contribution in [0.5, 0.6) is 5.75 Å². The van der Waals surface area contributed by atoms with Gasteiger partial charge in [0.2, 0.25) is 0 Å². The first-order valence-electron chi connectivity index (χ1n) is 4.52. The Kier molecular flexibility index (Phi) is 3.62. The van der Waals surface area contributed by atoms with Crippen molar-refractivity contribution in [2.75, 3.05) is 7.11 Å². The molecule has 0 amide bonds. The molecule has 0 bridgehead atoms. The second kappa shape index (κ2) is 4.41. The molecule has 0 saturated heterocycles. The summed E-state index contributed by atoms with van der Waals surface area (Å²) in [7, 11) is 3.23. The van der Waals surface area contributed by atoms with Gasteiger partial charge in [-0.3, -0.25) is 0 Å². The number of halogens is 1. The van der Waals surface area contributed by atoms with Crippen molar-refractivity contribution >= 4 is 19.7 Å². The molecule has 0 radical (unpaired) electrons. The van der Waals surface area contributed by atoms with Crippen LogP contribution in [0.15, 0.2) is 17.0 Å². The highest BCUT2D eigenvalue weighted by Crippen LogP contribution is 2.28. The molecule has 0 saturated carbocycles. The lowest BCUT2D eigenvalue weighted by molar-refractivity contribution is 0.413. The normalized spacial score (nSPS) is 11.5. The molecule has 0 aliphatic rings. The van der Waals surface area contributed by atoms with Gasteiger partial charge >= 0.3 is 0 Å². The van der Waals surface area contributed by atoms with Gasteiger partial charge in [0.15, 0.2) is 0 Å². The average molecular weight is 249 g/mol. The Hall–Kier alpha value is -0.740. The highest BCUT2D eigenvalue weighted by Gasteiger charge is 2.18. The molecular formula is C10H13ClO3S. The predicted octanol–water partition coefficient (Wildman–Crippen LogP) is 2.49. The Morgan fingerprint density at radius 2 is 2.00 bits per heavy atom. The van der Waals surface area contributed by atoms with Gasteiger partial charge in [-0.2, -0.15) is 0 Å². The minimum atomic E-state index is -3.68. The molecule has 0 unspecified atom stereocenters. The van der Waals surface area contributed by atoms with Gasteiger partial charge in [-0.1, -0.05) is 6.92 Å². The molecule has 0 aliphatic heterocycles. The summed E-state index contributed by atoms with van der Waals surface area (Å²) in [6, 6.07) is 3.36. The highest BCUT2D eigenvalue weighted by molar-refractivity contribution is 8.13. The molecule has 3 nitrogen and oxygen atoms in total. The highest BCUT2D eigenvalue weighted by atomic mass is 35.7. The van der Waals surface area contributed by atoms with E-state index in [0.29, 0.717) is 23.3 Å². The van der Waals surface area contributed by atoms with E-state index in [0.717, 1.165) is 0 Å². The lowest BCUT2D eigenvalue weighted by Crippen LogP contribution is -2.01. The maximum Gasteiger partial charge on any atom is 0.261 e. The quantitative estimate of drug-likeness (QED) is 0.772. The van der Waals surface area contributed by atoms with Gasteiger partial charge in [-0.15, -0.1) is 0 Å². The smallest absolute Gasteiger partial charge is 0.261 e. The number of methoxy groups -OCH3 is 1. The van der Waals surface area contributed by atoms with Gasteiger partial charge in [0.1, 0.15) is 5.75 Å². The molecule has 15 heavy (non-hydrogen) atoms. The second-order valence-corrected chi connectivity index (χ2v) is 5.73. The predicted molar refractivity (Wildman–Crippen MR) is 60.1 cm³/mol. The number of rotatable bonds is 3. The van der Waals surface area contributed by atoms with Crippen molar-refractivity contribution in [3.05, 3.63) is 23.3 Å². The van der Waals surface area contributed by atoms with Gasteiger partial charge in [-0.25, -0.2) is 8.42 Å². The minimum Gasteiger partial charge on any atom is -0.497 e. The SMILES string of the molecule is CCc1cc(OC)cc(C)c1S(=O)(=O)Cl. The van der Waals surface area contributed by atoms with Gasteiger partial charge in [0, 0.05) is 10.7 Å². The number of benzene rings is 1. The topological polar surface area (TPSA) is 43.4 Å². The molecule has 84 valence electrons. The Labute approximate surface area is 94.4 Å². The molecular weight excluding hydrogens is 236 g/mol. The van der Waals surface area contributed by atoms with Crippen molar-refractivity contribution < 1.29 is 13.2 Å². The molecule has 5 heteroatoms. The van der Waals surface area contributed by atoms with Crippen LogP contribution in [0.3, 0.4) is 0 Å². The zero-order valence-corrected chi connectivity index (χ0v) is 10.4. The summed E-state index contributed by atoms with van der Waals surface area (Å²) in [5, 5.41) is 0. The third-order valence-corrected chi connectivity index (χ3v) is 3.72. The maximum absolute atomic E-state index is 11.4. The Morgan fingerprint density at radius 1 is 1.40 bits per heavy atom. The van der Waals surface area contributed by atoms with Crippen molar-refractivity contribution in [2.24, 2.45) is 0 Å². The van der Waals surface area contributed by atoms with Crippen LogP contribution in [0.4, 0.5) is 0 Å². The van der Waals surface area contributed by atoms with E-state index in [1.54, 1.807) is 26.2 Å². The molecule has 0 spiro atoms. The van der Waals surface area contributed by atoms with E-state index in [-0.39, 0.29) is 4.90 Å². The van der Waals surface area contributed by atoms with Crippen LogP contribution in [0.1, 0.15) is 18.1 Å². The van der Waals surface area contributed by atoms with Crippen LogP contribution in [0, 0.1) is 6.92 Å². The van der Waals surface area contributed by atoms with Gasteiger partial charge in [-0.05, 0) is 36.6 Å². The van der Waals surface area contributed by atoms with E-state index in [9.17, 15) is 8.42 Å². The third-order valence-electron chi connectivity index (χ3n) is 2.19. The van der Waals surface area contributed by atoms with E-state index in [2.05, 4.69) is 0 Å². The lowest BCUT2D eigenvalue weighted by atomic mass is 10.1. The summed E-state index contributed by atoms with van der Waals surface area (Å²) >= 11 is 0. The van der Waals surface area contributed by atoms with Crippen LogP contribution >= 0.6 is 10.7 Å². The van der Waals surface area contributed by atoms with Crippen molar-refractivity contribution in [3.8, 4) is 5.75 Å². The van der Waals surface area contributed by atoms with Crippen molar-refractivity contribution in [1.82, 2.24) is 0 Å². The fourth-order valence-electron chi connectivity index (χ4n) is 1.54. The largest absolute Gasteiger partial charge is 0.497 e. The van der Waals surface area contributed by atoms with E-state index < -0.39 is 9.05 Å². The Bertz CT molecular complexity index is 466. The number of hydrogen-bond donors (Lipinski definition) is 0.